The molecule has 0 bridgehead atoms. The number of hydrogen-bond acceptors (Lipinski definition) is 5. The van der Waals surface area contributed by atoms with Crippen LogP contribution in [0.4, 0.5) is 4.79 Å². The van der Waals surface area contributed by atoms with Gasteiger partial charge in [0.05, 0.1) is 11.2 Å². The Labute approximate surface area is 194 Å². The molecule has 1 heterocycles. The molecule has 0 aliphatic carbocycles. The number of rotatable bonds is 7. The topological polar surface area (TPSA) is 73.9 Å². The van der Waals surface area contributed by atoms with Gasteiger partial charge >= 0.3 is 13.2 Å². The SMILES string of the molecule is CC1(C)OB(C(=Cc2ccc(Cl)cc2C=O)CNC(=O)OCc2ccccc2)OC1(C)C. The molecule has 0 saturated carbocycles. The van der Waals surface area contributed by atoms with Crippen LogP contribution in [0.25, 0.3) is 6.08 Å². The maximum atomic E-state index is 12.3. The second-order valence-electron chi connectivity index (χ2n) is 8.61. The quantitative estimate of drug-likeness (QED) is 0.465. The number of halogens is 1. The van der Waals surface area contributed by atoms with E-state index in [9.17, 15) is 9.59 Å². The van der Waals surface area contributed by atoms with E-state index in [4.69, 9.17) is 25.6 Å². The zero-order valence-corrected chi connectivity index (χ0v) is 19.4. The van der Waals surface area contributed by atoms with Gasteiger partial charge < -0.3 is 19.4 Å². The molecule has 1 N–H and O–H groups in total. The first kappa shape index (κ1) is 24.0. The molecule has 1 saturated heterocycles. The maximum absolute atomic E-state index is 12.3. The Morgan fingerprint density at radius 2 is 1.72 bits per heavy atom. The first-order valence-corrected chi connectivity index (χ1v) is 10.7. The highest BCUT2D eigenvalue weighted by Crippen LogP contribution is 2.38. The molecular weight excluding hydrogens is 429 g/mol. The van der Waals surface area contributed by atoms with Crippen molar-refractivity contribution in [1.82, 2.24) is 5.32 Å². The normalized spacial score (nSPS) is 17.2. The van der Waals surface area contributed by atoms with Gasteiger partial charge in [-0.05, 0) is 56.4 Å². The Hall–Kier alpha value is -2.61. The second kappa shape index (κ2) is 9.90. The van der Waals surface area contributed by atoms with Gasteiger partial charge in [0.15, 0.2) is 6.29 Å². The summed E-state index contributed by atoms with van der Waals surface area (Å²) in [6, 6.07) is 14.4. The van der Waals surface area contributed by atoms with Crippen LogP contribution in [-0.4, -0.2) is 37.2 Å². The number of carbonyl (C=O) groups excluding carboxylic acids is 2. The molecule has 2 aromatic carbocycles. The van der Waals surface area contributed by atoms with Crippen molar-refractivity contribution in [3.05, 3.63) is 75.7 Å². The molecule has 8 heteroatoms. The fourth-order valence-corrected chi connectivity index (χ4v) is 3.30. The van der Waals surface area contributed by atoms with Gasteiger partial charge in [-0.1, -0.05) is 54.1 Å². The monoisotopic (exact) mass is 455 g/mol. The van der Waals surface area contributed by atoms with Crippen LogP contribution in [0.1, 0.15) is 49.2 Å². The summed E-state index contributed by atoms with van der Waals surface area (Å²) in [5, 5.41) is 3.21. The van der Waals surface area contributed by atoms with Gasteiger partial charge in [-0.2, -0.15) is 0 Å². The Morgan fingerprint density at radius 3 is 2.34 bits per heavy atom. The van der Waals surface area contributed by atoms with Crippen LogP contribution in [0.5, 0.6) is 0 Å². The summed E-state index contributed by atoms with van der Waals surface area (Å²) >= 11 is 6.02. The van der Waals surface area contributed by atoms with Crippen molar-refractivity contribution in [2.24, 2.45) is 0 Å². The third-order valence-electron chi connectivity index (χ3n) is 5.72. The minimum Gasteiger partial charge on any atom is -0.445 e. The van der Waals surface area contributed by atoms with Crippen molar-refractivity contribution >= 4 is 37.2 Å². The first-order valence-electron chi connectivity index (χ1n) is 10.4. The molecule has 3 rings (SSSR count). The summed E-state index contributed by atoms with van der Waals surface area (Å²) in [4.78, 5) is 23.8. The average Bonchev–Trinajstić information content (AvgIpc) is 2.97. The van der Waals surface area contributed by atoms with E-state index in [0.717, 1.165) is 11.8 Å². The first-order chi connectivity index (χ1) is 15.1. The lowest BCUT2D eigenvalue weighted by Gasteiger charge is -2.32. The standard InChI is InChI=1S/C24H27BClNO5/c1-23(2)24(3,4)32-25(31-23)20(12-18-10-11-21(26)13-19(18)15-28)14-27-22(29)30-16-17-8-6-5-7-9-17/h5-13,15H,14,16H2,1-4H3,(H,27,29). The highest BCUT2D eigenvalue weighted by atomic mass is 35.5. The van der Waals surface area contributed by atoms with Crippen LogP contribution in [0.2, 0.25) is 5.02 Å². The highest BCUT2D eigenvalue weighted by molar-refractivity contribution is 6.56. The third kappa shape index (κ3) is 5.79. The highest BCUT2D eigenvalue weighted by Gasteiger charge is 2.52. The van der Waals surface area contributed by atoms with Crippen molar-refractivity contribution in [3.8, 4) is 0 Å². The van der Waals surface area contributed by atoms with E-state index < -0.39 is 24.4 Å². The predicted octanol–water partition coefficient (Wildman–Crippen LogP) is 5.09. The number of amides is 1. The Kier molecular flexibility index (Phi) is 7.44. The lowest BCUT2D eigenvalue weighted by atomic mass is 9.76. The van der Waals surface area contributed by atoms with E-state index in [1.807, 2.05) is 58.0 Å². The van der Waals surface area contributed by atoms with E-state index in [1.165, 1.54) is 0 Å². The van der Waals surface area contributed by atoms with Gasteiger partial charge in [0.25, 0.3) is 0 Å². The van der Waals surface area contributed by atoms with E-state index >= 15 is 0 Å². The third-order valence-corrected chi connectivity index (χ3v) is 5.96. The van der Waals surface area contributed by atoms with Crippen molar-refractivity contribution in [2.75, 3.05) is 6.54 Å². The summed E-state index contributed by atoms with van der Waals surface area (Å²) in [5.41, 5.74) is 1.49. The molecule has 1 aliphatic heterocycles. The van der Waals surface area contributed by atoms with E-state index in [-0.39, 0.29) is 13.2 Å². The van der Waals surface area contributed by atoms with Gasteiger partial charge in [-0.15, -0.1) is 0 Å². The molecule has 2 aromatic rings. The zero-order chi connectivity index (χ0) is 23.4. The number of hydrogen-bond donors (Lipinski definition) is 1. The molecule has 6 nitrogen and oxygen atoms in total. The van der Waals surface area contributed by atoms with Crippen LogP contribution >= 0.6 is 11.6 Å². The van der Waals surface area contributed by atoms with Gasteiger partial charge in [-0.3, -0.25) is 4.79 Å². The van der Waals surface area contributed by atoms with Crippen LogP contribution in [-0.2, 0) is 20.7 Å². The molecule has 1 amide bonds. The number of carbonyl (C=O) groups is 2. The number of aldehydes is 1. The maximum Gasteiger partial charge on any atom is 0.492 e. The van der Waals surface area contributed by atoms with E-state index in [2.05, 4.69) is 5.32 Å². The van der Waals surface area contributed by atoms with Crippen LogP contribution in [0.3, 0.4) is 0 Å². The molecule has 32 heavy (non-hydrogen) atoms. The van der Waals surface area contributed by atoms with Crippen LogP contribution in [0, 0.1) is 0 Å². The minimum atomic E-state index is -0.704. The molecule has 168 valence electrons. The van der Waals surface area contributed by atoms with E-state index in [0.29, 0.717) is 21.6 Å². The predicted molar refractivity (Wildman–Crippen MR) is 126 cm³/mol. The minimum absolute atomic E-state index is 0.116. The fraction of sp³-hybridized carbons (Fsp3) is 0.333. The summed E-state index contributed by atoms with van der Waals surface area (Å²) in [6.45, 7) is 8.08. The molecule has 0 aromatic heterocycles. The summed E-state index contributed by atoms with van der Waals surface area (Å²) in [7, 11) is -0.704. The van der Waals surface area contributed by atoms with Crippen molar-refractivity contribution in [2.45, 2.75) is 45.5 Å². The number of alkyl carbamates (subject to hydrolysis) is 1. The van der Waals surface area contributed by atoms with Gasteiger partial charge in [-0.25, -0.2) is 4.79 Å². The fourth-order valence-electron chi connectivity index (χ4n) is 3.12. The number of ether oxygens (including phenoxy) is 1. The second-order valence-corrected chi connectivity index (χ2v) is 9.05. The average molecular weight is 456 g/mol. The van der Waals surface area contributed by atoms with Gasteiger partial charge in [0.1, 0.15) is 6.61 Å². The lowest BCUT2D eigenvalue weighted by Crippen LogP contribution is -2.41. The van der Waals surface area contributed by atoms with Crippen molar-refractivity contribution in [1.29, 1.82) is 0 Å². The van der Waals surface area contributed by atoms with Crippen molar-refractivity contribution < 1.29 is 23.6 Å². The Balaban J connectivity index is 1.78. The summed E-state index contributed by atoms with van der Waals surface area (Å²) < 4.78 is 17.6. The van der Waals surface area contributed by atoms with E-state index in [1.54, 1.807) is 24.3 Å². The zero-order valence-electron chi connectivity index (χ0n) is 18.7. The molecule has 1 fully saturated rings. The van der Waals surface area contributed by atoms with Gasteiger partial charge in [0, 0.05) is 17.1 Å². The number of benzene rings is 2. The van der Waals surface area contributed by atoms with Crippen LogP contribution in [0.15, 0.2) is 54.0 Å². The lowest BCUT2D eigenvalue weighted by molar-refractivity contribution is 0.00578. The molecule has 1 aliphatic rings. The molecule has 0 atom stereocenters. The Bertz CT molecular complexity index is 991. The van der Waals surface area contributed by atoms with Crippen LogP contribution < -0.4 is 5.32 Å². The smallest absolute Gasteiger partial charge is 0.445 e. The molecule has 0 radical (unpaired) electrons. The largest absolute Gasteiger partial charge is 0.492 e. The number of nitrogens with one attached hydrogen (secondary N) is 1. The molecule has 0 spiro atoms. The molecule has 0 unspecified atom stereocenters. The summed E-state index contributed by atoms with van der Waals surface area (Å²) in [5.74, 6) is 0. The van der Waals surface area contributed by atoms with Crippen molar-refractivity contribution in [3.63, 3.8) is 0 Å². The Morgan fingerprint density at radius 1 is 1.06 bits per heavy atom. The van der Waals surface area contributed by atoms with Gasteiger partial charge in [0.2, 0.25) is 0 Å². The summed E-state index contributed by atoms with van der Waals surface area (Å²) in [6.07, 6.45) is 1.95. The molecular formula is C24H27BClNO5.